The van der Waals surface area contributed by atoms with Crippen molar-refractivity contribution in [2.24, 2.45) is 0 Å². The van der Waals surface area contributed by atoms with Crippen LogP contribution in [0.15, 0.2) is 9.59 Å². The van der Waals surface area contributed by atoms with Crippen LogP contribution in [0.5, 0.6) is 0 Å². The predicted octanol–water partition coefficient (Wildman–Crippen LogP) is -0.675. The number of carbonyl (C=O) groups is 1. The van der Waals surface area contributed by atoms with E-state index in [9.17, 15) is 14.4 Å². The number of H-pyrrole nitrogens is 1. The van der Waals surface area contributed by atoms with Gasteiger partial charge in [-0.25, -0.2) is 19.1 Å². The first kappa shape index (κ1) is 9.56. The number of ether oxygens (including phenoxy) is 1. The van der Waals surface area contributed by atoms with Crippen LogP contribution in [0.4, 0.5) is 4.79 Å². The van der Waals surface area contributed by atoms with Gasteiger partial charge in [0.1, 0.15) is 0 Å². The Hall–Kier alpha value is -1.99. The lowest BCUT2D eigenvalue weighted by atomic mass is 10.2. The molecule has 1 aromatic rings. The fourth-order valence-corrected chi connectivity index (χ4v) is 1.68. The monoisotopic (exact) mass is 215 g/mol. The summed E-state index contributed by atoms with van der Waals surface area (Å²) in [5.74, 6) is 0. The molecule has 2 N–H and O–H groups in total. The minimum Gasteiger partial charge on any atom is -0.450 e. The Morgan fingerprint density at radius 1 is 1.47 bits per heavy atom. The van der Waals surface area contributed by atoms with E-state index < -0.39 is 23.8 Å². The van der Waals surface area contributed by atoms with Crippen LogP contribution in [0.1, 0.15) is 19.1 Å². The van der Waals surface area contributed by atoms with Gasteiger partial charge in [0.25, 0.3) is 0 Å². The van der Waals surface area contributed by atoms with E-state index in [2.05, 4.69) is 9.72 Å². The highest BCUT2D eigenvalue weighted by atomic mass is 16.7. The van der Waals surface area contributed by atoms with Gasteiger partial charge in [-0.1, -0.05) is 0 Å². The van der Waals surface area contributed by atoms with E-state index in [0.29, 0.717) is 19.4 Å². The Morgan fingerprint density at radius 2 is 2.20 bits per heavy atom. The van der Waals surface area contributed by atoms with E-state index in [1.54, 1.807) is 0 Å². The molecule has 0 radical (unpaired) electrons. The van der Waals surface area contributed by atoms with Crippen molar-refractivity contribution < 1.29 is 14.6 Å². The first-order chi connectivity index (χ1) is 7.09. The topological polar surface area (TPSA) is 106 Å². The largest absolute Gasteiger partial charge is 0.507 e. The zero-order chi connectivity index (χ0) is 11.0. The van der Waals surface area contributed by atoms with Crippen molar-refractivity contribution in [2.75, 3.05) is 0 Å². The summed E-state index contributed by atoms with van der Waals surface area (Å²) in [6, 6.07) is 0. The Bertz CT molecular complexity index is 495. The molecule has 8 nitrogen and oxygen atoms in total. The summed E-state index contributed by atoms with van der Waals surface area (Å²) in [4.78, 5) is 34.9. The molecule has 0 aromatic carbocycles. The summed E-state index contributed by atoms with van der Waals surface area (Å²) in [7, 11) is 0. The zero-order valence-corrected chi connectivity index (χ0v) is 7.67. The molecule has 15 heavy (non-hydrogen) atoms. The second kappa shape index (κ2) is 3.30. The van der Waals surface area contributed by atoms with Gasteiger partial charge < -0.3 is 9.84 Å². The van der Waals surface area contributed by atoms with Crippen LogP contribution in [-0.2, 0) is 11.3 Å². The quantitative estimate of drug-likeness (QED) is 0.604. The molecule has 0 spiro atoms. The fourth-order valence-electron chi connectivity index (χ4n) is 1.68. The second-order valence-electron chi connectivity index (χ2n) is 3.18. The van der Waals surface area contributed by atoms with Gasteiger partial charge in [-0.2, -0.15) is 4.68 Å². The van der Waals surface area contributed by atoms with Crippen LogP contribution in [0.2, 0.25) is 0 Å². The molecule has 82 valence electrons. The number of rotatable bonds is 1. The van der Waals surface area contributed by atoms with Gasteiger partial charge in [-0.15, -0.1) is 0 Å². The average Bonchev–Trinajstić information content (AvgIpc) is 2.43. The van der Waals surface area contributed by atoms with Gasteiger partial charge in [0.2, 0.25) is 6.23 Å². The average molecular weight is 215 g/mol. The van der Waals surface area contributed by atoms with Gasteiger partial charge >= 0.3 is 17.5 Å². The molecule has 1 atom stereocenters. The van der Waals surface area contributed by atoms with E-state index >= 15 is 0 Å². The van der Waals surface area contributed by atoms with Crippen molar-refractivity contribution in [3.8, 4) is 0 Å². The number of fused-ring (bicyclic) bond motifs is 1. The summed E-state index contributed by atoms with van der Waals surface area (Å²) in [6.07, 6.45) is -1.39. The number of hydrogen-bond donors (Lipinski definition) is 2. The highest BCUT2D eigenvalue weighted by Crippen LogP contribution is 2.17. The molecule has 2 heterocycles. The first-order valence-corrected chi connectivity index (χ1v) is 4.41. The van der Waals surface area contributed by atoms with Crippen molar-refractivity contribution in [3.63, 3.8) is 0 Å². The first-order valence-electron chi connectivity index (χ1n) is 4.41. The maximum atomic E-state index is 11.3. The Labute approximate surface area is 82.7 Å². The number of carboxylic acid groups (broad SMARTS) is 1. The number of nitrogens with one attached hydrogen (secondary N) is 1. The fraction of sp³-hybridized carbons (Fsp3) is 0.571. The molecule has 0 amide bonds. The van der Waals surface area contributed by atoms with Crippen LogP contribution in [0.3, 0.4) is 0 Å². The van der Waals surface area contributed by atoms with Crippen molar-refractivity contribution in [2.45, 2.75) is 25.6 Å². The van der Waals surface area contributed by atoms with Crippen molar-refractivity contribution in [1.29, 1.82) is 0 Å². The van der Waals surface area contributed by atoms with E-state index in [-0.39, 0.29) is 0 Å². The lowest BCUT2D eigenvalue weighted by Crippen LogP contribution is -2.36. The molecule has 0 saturated heterocycles. The molecule has 1 aliphatic heterocycles. The summed E-state index contributed by atoms with van der Waals surface area (Å²) in [5, 5.41) is 8.45. The lowest BCUT2D eigenvalue weighted by Gasteiger charge is -2.23. The van der Waals surface area contributed by atoms with Gasteiger partial charge in [-0.05, 0) is 6.42 Å². The van der Waals surface area contributed by atoms with Crippen molar-refractivity contribution in [1.82, 2.24) is 14.3 Å². The van der Waals surface area contributed by atoms with Crippen LogP contribution < -0.4 is 11.4 Å². The number of aromatic nitrogens is 3. The van der Waals surface area contributed by atoms with Gasteiger partial charge in [-0.3, -0.25) is 4.98 Å². The third kappa shape index (κ3) is 1.53. The molecule has 2 rings (SSSR count). The normalized spacial score (nSPS) is 19.6. The molecular formula is C7H9N3O5. The van der Waals surface area contributed by atoms with Crippen LogP contribution in [0.25, 0.3) is 0 Å². The molecule has 0 fully saturated rings. The predicted molar refractivity (Wildman–Crippen MR) is 46.7 cm³/mol. The van der Waals surface area contributed by atoms with Gasteiger partial charge in [0.05, 0.1) is 0 Å². The highest BCUT2D eigenvalue weighted by molar-refractivity contribution is 5.56. The molecule has 0 aliphatic carbocycles. The molecule has 1 unspecified atom stereocenters. The van der Waals surface area contributed by atoms with E-state index in [1.165, 1.54) is 0 Å². The maximum Gasteiger partial charge on any atom is 0.507 e. The number of aromatic amines is 1. The van der Waals surface area contributed by atoms with Gasteiger partial charge in [0, 0.05) is 13.0 Å². The molecular weight excluding hydrogens is 206 g/mol. The summed E-state index contributed by atoms with van der Waals surface area (Å²) >= 11 is 0. The zero-order valence-electron chi connectivity index (χ0n) is 7.67. The van der Waals surface area contributed by atoms with E-state index in [1.807, 2.05) is 0 Å². The van der Waals surface area contributed by atoms with Crippen molar-refractivity contribution in [3.05, 3.63) is 21.0 Å². The van der Waals surface area contributed by atoms with Crippen molar-refractivity contribution >= 4 is 6.16 Å². The molecule has 1 aromatic heterocycles. The van der Waals surface area contributed by atoms with Gasteiger partial charge in [0.15, 0.2) is 0 Å². The van der Waals surface area contributed by atoms with Crippen LogP contribution >= 0.6 is 0 Å². The van der Waals surface area contributed by atoms with E-state index in [0.717, 1.165) is 9.36 Å². The lowest BCUT2D eigenvalue weighted by molar-refractivity contribution is -0.0153. The SMILES string of the molecule is O=C(O)OC1CCCn2c(=O)[nH]c(=O)n21. The van der Waals surface area contributed by atoms with Crippen LogP contribution in [-0.4, -0.2) is 25.6 Å². The number of nitrogens with zero attached hydrogens (tertiary/aromatic N) is 2. The molecule has 1 aliphatic rings. The van der Waals surface area contributed by atoms with E-state index in [4.69, 9.17) is 5.11 Å². The Kier molecular flexibility index (Phi) is 2.10. The smallest absolute Gasteiger partial charge is 0.450 e. The summed E-state index contributed by atoms with van der Waals surface area (Å²) in [5.41, 5.74) is -1.19. The second-order valence-corrected chi connectivity index (χ2v) is 3.18. The minimum absolute atomic E-state index is 0.386. The molecule has 0 bridgehead atoms. The Balaban J connectivity index is 2.46. The molecule has 8 heteroatoms. The summed E-state index contributed by atoms with van der Waals surface area (Å²) < 4.78 is 6.66. The third-order valence-corrected chi connectivity index (χ3v) is 2.25. The minimum atomic E-state index is -1.46. The standard InChI is InChI=1S/C7H9N3O5/c11-5-8-6(12)10-4(15-7(13)14)2-1-3-9(5)10/h4H,1-3H2,(H,13,14)(H,8,11,12). The third-order valence-electron chi connectivity index (χ3n) is 2.25. The number of hydrogen-bond acceptors (Lipinski definition) is 4. The maximum absolute atomic E-state index is 11.3. The highest BCUT2D eigenvalue weighted by Gasteiger charge is 2.25. The Morgan fingerprint density at radius 3 is 2.87 bits per heavy atom. The van der Waals surface area contributed by atoms with Crippen LogP contribution in [0, 0.1) is 0 Å². The molecule has 0 saturated carbocycles. The summed E-state index contributed by atoms with van der Waals surface area (Å²) in [6.45, 7) is 0.386.